The Morgan fingerprint density at radius 3 is 2.75 bits per heavy atom. The van der Waals surface area contributed by atoms with Crippen molar-refractivity contribution in [1.82, 2.24) is 20.1 Å². The third-order valence-electron chi connectivity index (χ3n) is 3.37. The Bertz CT molecular complexity index is 536. The molecule has 5 heteroatoms. The minimum absolute atomic E-state index is 0.260. The predicted molar refractivity (Wildman–Crippen MR) is 84.7 cm³/mol. The standard InChI is InChI=1S/C15H21BrN4/c1-11(2)20-15(13(16)10-19-20)14(17-3)8-7-12-6-4-5-9-18-12/h4-6,9-11,14,17H,7-8H2,1-3H3. The molecule has 0 amide bonds. The second-order valence-corrected chi connectivity index (χ2v) is 5.97. The molecule has 108 valence electrons. The second kappa shape index (κ2) is 6.99. The molecule has 0 aliphatic heterocycles. The van der Waals surface area contributed by atoms with Gasteiger partial charge in [0.05, 0.1) is 22.4 Å². The first-order valence-corrected chi connectivity index (χ1v) is 7.72. The zero-order chi connectivity index (χ0) is 14.5. The molecule has 0 saturated heterocycles. The minimum Gasteiger partial charge on any atom is -0.312 e. The Kier molecular flexibility index (Phi) is 5.31. The summed E-state index contributed by atoms with van der Waals surface area (Å²) in [5, 5.41) is 7.85. The van der Waals surface area contributed by atoms with Gasteiger partial charge in [0, 0.05) is 17.9 Å². The number of nitrogens with zero attached hydrogens (tertiary/aromatic N) is 3. The highest BCUT2D eigenvalue weighted by Gasteiger charge is 2.20. The smallest absolute Gasteiger partial charge is 0.0698 e. The Morgan fingerprint density at radius 1 is 1.35 bits per heavy atom. The SMILES string of the molecule is CNC(CCc1ccccn1)c1c(Br)cnn1C(C)C. The highest BCUT2D eigenvalue weighted by molar-refractivity contribution is 9.10. The van der Waals surface area contributed by atoms with Crippen LogP contribution in [0.15, 0.2) is 35.1 Å². The lowest BCUT2D eigenvalue weighted by Crippen LogP contribution is -2.22. The van der Waals surface area contributed by atoms with E-state index < -0.39 is 0 Å². The van der Waals surface area contributed by atoms with Crippen molar-refractivity contribution in [2.24, 2.45) is 0 Å². The Labute approximate surface area is 128 Å². The lowest BCUT2D eigenvalue weighted by Gasteiger charge is -2.20. The molecule has 2 rings (SSSR count). The fraction of sp³-hybridized carbons (Fsp3) is 0.467. The first-order chi connectivity index (χ1) is 9.63. The van der Waals surface area contributed by atoms with E-state index in [-0.39, 0.29) is 6.04 Å². The van der Waals surface area contributed by atoms with E-state index >= 15 is 0 Å². The van der Waals surface area contributed by atoms with Crippen molar-refractivity contribution in [2.75, 3.05) is 7.05 Å². The third kappa shape index (κ3) is 3.46. The van der Waals surface area contributed by atoms with E-state index in [9.17, 15) is 0 Å². The monoisotopic (exact) mass is 336 g/mol. The number of pyridine rings is 1. The number of halogens is 1. The van der Waals surface area contributed by atoms with Gasteiger partial charge in [-0.05, 0) is 61.8 Å². The van der Waals surface area contributed by atoms with Crippen molar-refractivity contribution < 1.29 is 0 Å². The van der Waals surface area contributed by atoms with E-state index in [2.05, 4.69) is 55.9 Å². The lowest BCUT2D eigenvalue weighted by atomic mass is 10.1. The molecule has 20 heavy (non-hydrogen) atoms. The van der Waals surface area contributed by atoms with Gasteiger partial charge in [-0.1, -0.05) is 6.07 Å². The van der Waals surface area contributed by atoms with E-state index in [0.29, 0.717) is 6.04 Å². The summed E-state index contributed by atoms with van der Waals surface area (Å²) in [6.07, 6.45) is 5.66. The molecule has 0 radical (unpaired) electrons. The Morgan fingerprint density at radius 2 is 2.15 bits per heavy atom. The van der Waals surface area contributed by atoms with Gasteiger partial charge in [0.15, 0.2) is 0 Å². The average Bonchev–Trinajstić information content (AvgIpc) is 2.83. The van der Waals surface area contributed by atoms with E-state index in [0.717, 1.165) is 23.0 Å². The van der Waals surface area contributed by atoms with Crippen molar-refractivity contribution >= 4 is 15.9 Å². The van der Waals surface area contributed by atoms with Crippen LogP contribution in [-0.4, -0.2) is 21.8 Å². The van der Waals surface area contributed by atoms with Crippen molar-refractivity contribution in [2.45, 2.75) is 38.8 Å². The van der Waals surface area contributed by atoms with Crippen molar-refractivity contribution in [3.8, 4) is 0 Å². The van der Waals surface area contributed by atoms with Crippen LogP contribution in [0, 0.1) is 0 Å². The quantitative estimate of drug-likeness (QED) is 0.877. The fourth-order valence-electron chi connectivity index (χ4n) is 2.34. The van der Waals surface area contributed by atoms with Crippen molar-refractivity contribution in [1.29, 1.82) is 0 Å². The third-order valence-corrected chi connectivity index (χ3v) is 3.98. The van der Waals surface area contributed by atoms with Gasteiger partial charge in [-0.3, -0.25) is 9.67 Å². The van der Waals surface area contributed by atoms with Gasteiger partial charge in [0.1, 0.15) is 0 Å². The molecule has 4 nitrogen and oxygen atoms in total. The Hall–Kier alpha value is -1.20. The second-order valence-electron chi connectivity index (χ2n) is 5.12. The van der Waals surface area contributed by atoms with Gasteiger partial charge in [0.2, 0.25) is 0 Å². The lowest BCUT2D eigenvalue weighted by molar-refractivity contribution is 0.444. The van der Waals surface area contributed by atoms with Crippen LogP contribution in [0.1, 0.15) is 43.7 Å². The summed E-state index contributed by atoms with van der Waals surface area (Å²) in [6, 6.07) is 6.66. The van der Waals surface area contributed by atoms with Crippen LogP contribution in [0.3, 0.4) is 0 Å². The number of aromatic nitrogens is 3. The van der Waals surface area contributed by atoms with E-state index in [1.807, 2.05) is 31.6 Å². The van der Waals surface area contributed by atoms with Crippen LogP contribution in [0.25, 0.3) is 0 Å². The topological polar surface area (TPSA) is 42.7 Å². The molecule has 2 aromatic rings. The maximum Gasteiger partial charge on any atom is 0.0698 e. The van der Waals surface area contributed by atoms with Crippen LogP contribution < -0.4 is 5.32 Å². The van der Waals surface area contributed by atoms with Gasteiger partial charge < -0.3 is 5.32 Å². The maximum absolute atomic E-state index is 4.45. The highest BCUT2D eigenvalue weighted by Crippen LogP contribution is 2.28. The number of hydrogen-bond donors (Lipinski definition) is 1. The van der Waals surface area contributed by atoms with Crippen molar-refractivity contribution in [3.05, 3.63) is 46.5 Å². The number of hydrogen-bond acceptors (Lipinski definition) is 3. The van der Waals surface area contributed by atoms with E-state index in [4.69, 9.17) is 0 Å². The summed E-state index contributed by atoms with van der Waals surface area (Å²) in [5.74, 6) is 0. The minimum atomic E-state index is 0.260. The van der Waals surface area contributed by atoms with E-state index in [1.54, 1.807) is 0 Å². The van der Waals surface area contributed by atoms with Crippen LogP contribution in [0.4, 0.5) is 0 Å². The largest absolute Gasteiger partial charge is 0.312 e. The fourth-order valence-corrected chi connectivity index (χ4v) is 2.89. The van der Waals surface area contributed by atoms with Crippen LogP contribution in [0.5, 0.6) is 0 Å². The highest BCUT2D eigenvalue weighted by atomic mass is 79.9. The number of rotatable bonds is 6. The molecular weight excluding hydrogens is 316 g/mol. The summed E-state index contributed by atoms with van der Waals surface area (Å²) >= 11 is 3.61. The molecule has 0 aromatic carbocycles. The molecule has 2 aromatic heterocycles. The van der Waals surface area contributed by atoms with Crippen LogP contribution in [-0.2, 0) is 6.42 Å². The molecule has 1 unspecified atom stereocenters. The molecule has 0 bridgehead atoms. The first kappa shape index (κ1) is 15.2. The molecule has 1 N–H and O–H groups in total. The summed E-state index contributed by atoms with van der Waals surface area (Å²) in [5.41, 5.74) is 2.33. The predicted octanol–water partition coefficient (Wildman–Crippen LogP) is 3.51. The van der Waals surface area contributed by atoms with Gasteiger partial charge in [-0.25, -0.2) is 0 Å². The van der Waals surface area contributed by atoms with Gasteiger partial charge in [0.25, 0.3) is 0 Å². The molecule has 0 aliphatic rings. The molecule has 0 aliphatic carbocycles. The molecule has 0 fully saturated rings. The normalized spacial score (nSPS) is 12.8. The molecule has 2 heterocycles. The van der Waals surface area contributed by atoms with Crippen LogP contribution in [0.2, 0.25) is 0 Å². The summed E-state index contributed by atoms with van der Waals surface area (Å²) in [4.78, 5) is 4.38. The number of nitrogens with one attached hydrogen (secondary N) is 1. The van der Waals surface area contributed by atoms with Crippen molar-refractivity contribution in [3.63, 3.8) is 0 Å². The number of aryl methyl sites for hydroxylation is 1. The van der Waals surface area contributed by atoms with E-state index in [1.165, 1.54) is 5.69 Å². The molecule has 1 atom stereocenters. The average molecular weight is 337 g/mol. The van der Waals surface area contributed by atoms with Gasteiger partial charge >= 0.3 is 0 Å². The Balaban J connectivity index is 2.14. The first-order valence-electron chi connectivity index (χ1n) is 6.93. The maximum atomic E-state index is 4.45. The summed E-state index contributed by atoms with van der Waals surface area (Å²) in [6.45, 7) is 4.29. The summed E-state index contributed by atoms with van der Waals surface area (Å²) in [7, 11) is 1.99. The van der Waals surface area contributed by atoms with Crippen LogP contribution >= 0.6 is 15.9 Å². The van der Waals surface area contributed by atoms with Gasteiger partial charge in [-0.2, -0.15) is 5.10 Å². The summed E-state index contributed by atoms with van der Waals surface area (Å²) < 4.78 is 3.13. The zero-order valence-electron chi connectivity index (χ0n) is 12.2. The molecule has 0 spiro atoms. The molecular formula is C15H21BrN4. The molecule has 0 saturated carbocycles. The van der Waals surface area contributed by atoms with Gasteiger partial charge in [-0.15, -0.1) is 0 Å². The zero-order valence-corrected chi connectivity index (χ0v) is 13.8.